The maximum Gasteiger partial charge on any atom is 0.413 e. The lowest BCUT2D eigenvalue weighted by Gasteiger charge is -2.35. The van der Waals surface area contributed by atoms with Gasteiger partial charge in [-0.1, -0.05) is 23.2 Å². The minimum atomic E-state index is -0.854. The van der Waals surface area contributed by atoms with Gasteiger partial charge >= 0.3 is 6.09 Å². The second-order valence-electron chi connectivity index (χ2n) is 7.82. The van der Waals surface area contributed by atoms with E-state index < -0.39 is 29.4 Å². The van der Waals surface area contributed by atoms with Gasteiger partial charge in [-0.15, -0.1) is 0 Å². The number of rotatable bonds is 4. The summed E-state index contributed by atoms with van der Waals surface area (Å²) in [5.41, 5.74) is 0.706. The van der Waals surface area contributed by atoms with Crippen LogP contribution in [0.5, 0.6) is 5.75 Å². The van der Waals surface area contributed by atoms with Crippen LogP contribution in [-0.2, 0) is 9.47 Å². The van der Waals surface area contributed by atoms with Crippen LogP contribution in [0.3, 0.4) is 0 Å². The van der Waals surface area contributed by atoms with Gasteiger partial charge in [-0.3, -0.25) is 15.1 Å². The average Bonchev–Trinajstić information content (AvgIpc) is 2.86. The molecule has 0 aromatic heterocycles. The Bertz CT molecular complexity index is 741. The van der Waals surface area contributed by atoms with E-state index in [2.05, 4.69) is 0 Å². The van der Waals surface area contributed by atoms with Gasteiger partial charge in [0.05, 0.1) is 22.7 Å². The van der Waals surface area contributed by atoms with E-state index in [0.29, 0.717) is 0 Å². The van der Waals surface area contributed by atoms with Crippen molar-refractivity contribution in [1.29, 1.82) is 0 Å². The summed E-state index contributed by atoms with van der Waals surface area (Å²) < 4.78 is 17.0. The highest BCUT2D eigenvalue weighted by atomic mass is 35.5. The molecule has 0 bridgehead atoms. The lowest BCUT2D eigenvalue weighted by Crippen LogP contribution is -2.51. The molecule has 156 valence electrons. The van der Waals surface area contributed by atoms with Crippen LogP contribution in [0.15, 0.2) is 12.1 Å². The smallest absolute Gasteiger partial charge is 0.413 e. The molecule has 28 heavy (non-hydrogen) atoms. The summed E-state index contributed by atoms with van der Waals surface area (Å²) in [5.74, 6) is 4.79. The third-order valence-corrected chi connectivity index (χ3v) is 4.54. The zero-order valence-electron chi connectivity index (χ0n) is 16.5. The van der Waals surface area contributed by atoms with E-state index in [-0.39, 0.29) is 34.6 Å². The molecular formula is C18H25Cl2N3O5. The Labute approximate surface area is 174 Å². The Morgan fingerprint density at radius 3 is 2.39 bits per heavy atom. The Hall–Kier alpha value is -1.74. The summed E-state index contributed by atoms with van der Waals surface area (Å²) in [6.07, 6.45) is -0.504. The minimum Gasteiger partial charge on any atom is -0.488 e. The van der Waals surface area contributed by atoms with Gasteiger partial charge in [0.1, 0.15) is 17.9 Å². The number of hydrogen-bond donors (Lipinski definition) is 2. The summed E-state index contributed by atoms with van der Waals surface area (Å²) >= 11 is 12.4. The van der Waals surface area contributed by atoms with Gasteiger partial charge in [0, 0.05) is 5.56 Å². The van der Waals surface area contributed by atoms with Crippen LogP contribution < -0.4 is 16.0 Å². The van der Waals surface area contributed by atoms with Crippen molar-refractivity contribution >= 4 is 35.2 Å². The standard InChI is InChI=1S/C18H25Cl2N3O5/c1-17(2,3)28-16(25)23-11(9-27-18(23,4)5)8-26-14-12(19)6-10(7-13(14)20)15(24)22-21/h6-7,11H,8-9,21H2,1-5H3,(H,22,24)/t11-/m0/s1. The highest BCUT2D eigenvalue weighted by Gasteiger charge is 2.46. The molecule has 1 aliphatic rings. The van der Waals surface area contributed by atoms with E-state index in [1.165, 1.54) is 17.0 Å². The van der Waals surface area contributed by atoms with Crippen molar-refractivity contribution in [3.05, 3.63) is 27.7 Å². The van der Waals surface area contributed by atoms with Crippen molar-refractivity contribution in [3.8, 4) is 5.75 Å². The zero-order valence-corrected chi connectivity index (χ0v) is 18.0. The van der Waals surface area contributed by atoms with Crippen LogP contribution in [0.1, 0.15) is 45.0 Å². The first-order chi connectivity index (χ1) is 12.9. The van der Waals surface area contributed by atoms with Crippen molar-refractivity contribution < 1.29 is 23.8 Å². The van der Waals surface area contributed by atoms with Crippen molar-refractivity contribution in [3.63, 3.8) is 0 Å². The number of carbonyl (C=O) groups excluding carboxylic acids is 2. The van der Waals surface area contributed by atoms with Gasteiger partial charge in [0.15, 0.2) is 5.75 Å². The van der Waals surface area contributed by atoms with Gasteiger partial charge in [-0.05, 0) is 46.8 Å². The van der Waals surface area contributed by atoms with E-state index >= 15 is 0 Å². The van der Waals surface area contributed by atoms with E-state index in [0.717, 1.165) is 0 Å². The van der Waals surface area contributed by atoms with Crippen molar-refractivity contribution in [2.75, 3.05) is 13.2 Å². The Morgan fingerprint density at radius 2 is 1.89 bits per heavy atom. The molecule has 1 aromatic carbocycles. The van der Waals surface area contributed by atoms with Crippen LogP contribution in [-0.4, -0.2) is 47.5 Å². The molecule has 1 fully saturated rings. The monoisotopic (exact) mass is 433 g/mol. The van der Waals surface area contributed by atoms with Gasteiger partial charge in [0.25, 0.3) is 5.91 Å². The second-order valence-corrected chi connectivity index (χ2v) is 8.63. The second kappa shape index (κ2) is 8.32. The molecule has 2 amide bonds. The number of hydrogen-bond acceptors (Lipinski definition) is 6. The predicted octanol–water partition coefficient (Wildman–Crippen LogP) is 3.35. The van der Waals surface area contributed by atoms with Crippen molar-refractivity contribution in [1.82, 2.24) is 10.3 Å². The van der Waals surface area contributed by atoms with Crippen LogP contribution in [0, 0.1) is 0 Å². The molecule has 2 rings (SSSR count). The number of nitrogens with one attached hydrogen (secondary N) is 1. The first-order valence-electron chi connectivity index (χ1n) is 8.65. The number of hydrazine groups is 1. The molecule has 0 spiro atoms. The molecule has 0 saturated carbocycles. The molecule has 10 heteroatoms. The molecule has 1 atom stereocenters. The molecule has 1 saturated heterocycles. The summed E-state index contributed by atoms with van der Waals surface area (Å²) in [4.78, 5) is 25.8. The maximum atomic E-state index is 12.6. The number of benzene rings is 1. The molecule has 0 unspecified atom stereocenters. The zero-order chi connectivity index (χ0) is 21.3. The topological polar surface area (TPSA) is 103 Å². The van der Waals surface area contributed by atoms with E-state index in [1.807, 2.05) is 5.43 Å². The van der Waals surface area contributed by atoms with Gasteiger partial charge in [-0.2, -0.15) is 0 Å². The summed E-state index contributed by atoms with van der Waals surface area (Å²) in [6.45, 7) is 9.25. The maximum absolute atomic E-state index is 12.6. The number of halogens is 2. The molecule has 3 N–H and O–H groups in total. The first kappa shape index (κ1) is 22.5. The SMILES string of the molecule is CC(C)(C)OC(=O)N1[C@@H](COc2c(Cl)cc(C(=O)NN)cc2Cl)COC1(C)C. The fraction of sp³-hybridized carbons (Fsp3) is 0.556. The van der Waals surface area contributed by atoms with E-state index in [1.54, 1.807) is 34.6 Å². The van der Waals surface area contributed by atoms with E-state index in [4.69, 9.17) is 43.3 Å². The van der Waals surface area contributed by atoms with E-state index in [9.17, 15) is 9.59 Å². The highest BCUT2D eigenvalue weighted by molar-refractivity contribution is 6.37. The fourth-order valence-electron chi connectivity index (χ4n) is 2.78. The lowest BCUT2D eigenvalue weighted by molar-refractivity contribution is -0.0637. The predicted molar refractivity (Wildman–Crippen MR) is 106 cm³/mol. The Morgan fingerprint density at radius 1 is 1.32 bits per heavy atom. The molecule has 8 nitrogen and oxygen atoms in total. The number of nitrogens with zero attached hydrogens (tertiary/aromatic N) is 1. The van der Waals surface area contributed by atoms with Crippen LogP contribution in [0.25, 0.3) is 0 Å². The van der Waals surface area contributed by atoms with Gasteiger partial charge in [-0.25, -0.2) is 10.6 Å². The minimum absolute atomic E-state index is 0.0740. The molecule has 0 radical (unpaired) electrons. The number of nitrogens with two attached hydrogens (primary N) is 1. The summed E-state index contributed by atoms with van der Waals surface area (Å²) in [6, 6.07) is 2.38. The van der Waals surface area contributed by atoms with Crippen LogP contribution in [0.2, 0.25) is 10.0 Å². The average molecular weight is 434 g/mol. The Kier molecular flexibility index (Phi) is 6.70. The molecule has 1 heterocycles. The fourth-order valence-corrected chi connectivity index (χ4v) is 3.37. The lowest BCUT2D eigenvalue weighted by atomic mass is 10.2. The molecule has 1 aromatic rings. The number of carbonyl (C=O) groups is 2. The summed E-state index contributed by atoms with van der Waals surface area (Å²) in [7, 11) is 0. The first-order valence-corrected chi connectivity index (χ1v) is 9.40. The van der Waals surface area contributed by atoms with Crippen LogP contribution >= 0.6 is 23.2 Å². The van der Waals surface area contributed by atoms with Gasteiger partial charge < -0.3 is 14.2 Å². The molecule has 1 aliphatic heterocycles. The van der Waals surface area contributed by atoms with Gasteiger partial charge in [0.2, 0.25) is 0 Å². The normalized spacial score (nSPS) is 18.7. The quantitative estimate of drug-likeness (QED) is 0.428. The number of amides is 2. The largest absolute Gasteiger partial charge is 0.488 e. The Balaban J connectivity index is 2.17. The molecular weight excluding hydrogens is 409 g/mol. The summed E-state index contributed by atoms with van der Waals surface area (Å²) in [5, 5.41) is 0.293. The number of ether oxygens (including phenoxy) is 3. The number of nitrogen functional groups attached to an aromatic ring is 1. The highest BCUT2D eigenvalue weighted by Crippen LogP contribution is 2.36. The molecule has 0 aliphatic carbocycles. The third kappa shape index (κ3) is 5.20. The van der Waals surface area contributed by atoms with Crippen molar-refractivity contribution in [2.24, 2.45) is 5.84 Å². The van der Waals surface area contributed by atoms with Crippen molar-refractivity contribution in [2.45, 2.75) is 52.0 Å². The van der Waals surface area contributed by atoms with Crippen LogP contribution in [0.4, 0.5) is 4.79 Å². The third-order valence-electron chi connectivity index (χ3n) is 3.98.